The number of aldehydes is 1. The molecule has 0 unspecified atom stereocenters. The Morgan fingerprint density at radius 2 is 1.97 bits per heavy atom. The summed E-state index contributed by atoms with van der Waals surface area (Å²) in [6.07, 6.45) is 11.4. The van der Waals surface area contributed by atoms with Crippen molar-refractivity contribution in [3.05, 3.63) is 77.6 Å². The van der Waals surface area contributed by atoms with Crippen molar-refractivity contribution in [2.24, 2.45) is 0 Å². The van der Waals surface area contributed by atoms with Gasteiger partial charge in [-0.2, -0.15) is 0 Å². The minimum absolute atomic E-state index is 0.539. The van der Waals surface area contributed by atoms with Crippen molar-refractivity contribution < 1.29 is 14.3 Å². The van der Waals surface area contributed by atoms with E-state index in [1.54, 1.807) is 26.6 Å². The van der Waals surface area contributed by atoms with Crippen LogP contribution in [-0.4, -0.2) is 54.5 Å². The Bertz CT molecular complexity index is 1330. The van der Waals surface area contributed by atoms with E-state index in [0.717, 1.165) is 58.5 Å². The highest BCUT2D eigenvalue weighted by atomic mass is 16.5. The molecule has 3 aromatic rings. The standard InChI is InChI=1S/C28H31N5O3/c1-33(2)26-16-21(15-23(36-4)14-19(26)8-5-6-13-34)30-28-24-17-22(35-3)10-11-25(24)31-27(32-28)20-9-7-12-29-18-20/h7,9-13,15-18H,5-6,8,14H2,1-4H3,(H,30,31,32). The number of methoxy groups -OCH3 is 2. The lowest BCUT2D eigenvalue weighted by molar-refractivity contribution is -0.107. The molecule has 0 amide bonds. The van der Waals surface area contributed by atoms with Gasteiger partial charge in [0.25, 0.3) is 0 Å². The van der Waals surface area contributed by atoms with Gasteiger partial charge in [0.05, 0.1) is 19.7 Å². The van der Waals surface area contributed by atoms with E-state index in [2.05, 4.69) is 21.3 Å². The number of rotatable bonds is 10. The largest absolute Gasteiger partial charge is 0.501 e. The van der Waals surface area contributed by atoms with Crippen molar-refractivity contribution in [2.75, 3.05) is 33.6 Å². The fourth-order valence-electron chi connectivity index (χ4n) is 4.17. The second-order valence-electron chi connectivity index (χ2n) is 8.68. The third kappa shape index (κ3) is 5.71. The quantitative estimate of drug-likeness (QED) is 0.313. The Morgan fingerprint density at radius 1 is 1.11 bits per heavy atom. The molecule has 0 spiro atoms. The number of nitrogens with zero attached hydrogens (tertiary/aromatic N) is 4. The number of likely N-dealkylation sites (N-methyl/N-ethyl adjacent to an activating group) is 1. The molecule has 0 saturated carbocycles. The van der Waals surface area contributed by atoms with Crippen LogP contribution in [0.4, 0.5) is 5.82 Å². The summed E-state index contributed by atoms with van der Waals surface area (Å²) in [5.74, 6) is 2.78. The number of nitrogens with one attached hydrogen (secondary N) is 1. The van der Waals surface area contributed by atoms with Crippen molar-refractivity contribution in [2.45, 2.75) is 25.7 Å². The molecular formula is C28H31N5O3. The normalized spacial score (nSPS) is 13.6. The highest BCUT2D eigenvalue weighted by Gasteiger charge is 2.18. The number of aromatic nitrogens is 3. The predicted octanol–water partition coefficient (Wildman–Crippen LogP) is 5.12. The minimum atomic E-state index is 0.539. The highest BCUT2D eigenvalue weighted by Crippen LogP contribution is 2.32. The van der Waals surface area contributed by atoms with Crippen LogP contribution in [0.5, 0.6) is 5.75 Å². The molecule has 0 atom stereocenters. The lowest BCUT2D eigenvalue weighted by Crippen LogP contribution is -2.13. The first-order valence-corrected chi connectivity index (χ1v) is 11.8. The highest BCUT2D eigenvalue weighted by molar-refractivity contribution is 5.92. The average molecular weight is 486 g/mol. The monoisotopic (exact) mass is 485 g/mol. The second-order valence-corrected chi connectivity index (χ2v) is 8.68. The molecule has 1 N–H and O–H groups in total. The summed E-state index contributed by atoms with van der Waals surface area (Å²) in [6.45, 7) is 0. The molecule has 0 radical (unpaired) electrons. The number of anilines is 1. The Balaban J connectivity index is 1.83. The summed E-state index contributed by atoms with van der Waals surface area (Å²) >= 11 is 0. The number of unbranched alkanes of at least 4 members (excludes halogenated alkanes) is 1. The molecular weight excluding hydrogens is 454 g/mol. The van der Waals surface area contributed by atoms with Crippen molar-refractivity contribution in [3.63, 3.8) is 0 Å². The molecule has 0 saturated heterocycles. The number of allylic oxidation sites excluding steroid dienone is 3. The molecule has 4 rings (SSSR count). The fourth-order valence-corrected chi connectivity index (χ4v) is 4.17. The number of benzene rings is 1. The van der Waals surface area contributed by atoms with E-state index in [4.69, 9.17) is 19.4 Å². The van der Waals surface area contributed by atoms with Crippen LogP contribution in [-0.2, 0) is 9.53 Å². The third-order valence-electron chi connectivity index (χ3n) is 5.99. The minimum Gasteiger partial charge on any atom is -0.501 e. The number of carbonyl (C=O) groups excluding carboxylic acids is 1. The zero-order valence-corrected chi connectivity index (χ0v) is 21.1. The van der Waals surface area contributed by atoms with Gasteiger partial charge in [-0.25, -0.2) is 9.97 Å². The van der Waals surface area contributed by atoms with Crippen molar-refractivity contribution in [1.29, 1.82) is 0 Å². The van der Waals surface area contributed by atoms with Gasteiger partial charge < -0.3 is 24.5 Å². The lowest BCUT2D eigenvalue weighted by Gasteiger charge is -2.20. The Labute approximate surface area is 211 Å². The van der Waals surface area contributed by atoms with Crippen LogP contribution in [0.15, 0.2) is 77.6 Å². The van der Waals surface area contributed by atoms with E-state index in [1.807, 2.05) is 50.5 Å². The van der Waals surface area contributed by atoms with Gasteiger partial charge in [-0.05, 0) is 60.9 Å². The molecule has 1 aliphatic carbocycles. The van der Waals surface area contributed by atoms with Crippen LogP contribution in [0.25, 0.3) is 22.3 Å². The second kappa shape index (κ2) is 11.5. The first-order chi connectivity index (χ1) is 17.5. The first kappa shape index (κ1) is 24.9. The average Bonchev–Trinajstić information content (AvgIpc) is 3.08. The van der Waals surface area contributed by atoms with E-state index in [9.17, 15) is 4.79 Å². The topological polar surface area (TPSA) is 89.5 Å². The first-order valence-electron chi connectivity index (χ1n) is 11.8. The van der Waals surface area contributed by atoms with Crippen LogP contribution in [0.2, 0.25) is 0 Å². The Morgan fingerprint density at radius 3 is 2.67 bits per heavy atom. The maximum atomic E-state index is 10.9. The van der Waals surface area contributed by atoms with Gasteiger partial charge >= 0.3 is 0 Å². The number of fused-ring (bicyclic) bond motifs is 1. The maximum Gasteiger partial charge on any atom is 0.163 e. The van der Waals surface area contributed by atoms with Gasteiger partial charge in [-0.1, -0.05) is 0 Å². The van der Waals surface area contributed by atoms with Gasteiger partial charge in [0.1, 0.15) is 23.6 Å². The van der Waals surface area contributed by atoms with Gasteiger partial charge in [-0.15, -0.1) is 0 Å². The van der Waals surface area contributed by atoms with Gasteiger partial charge in [-0.3, -0.25) is 4.98 Å². The maximum absolute atomic E-state index is 10.9. The van der Waals surface area contributed by atoms with Crippen molar-refractivity contribution in [3.8, 4) is 17.1 Å². The van der Waals surface area contributed by atoms with E-state index in [-0.39, 0.29) is 0 Å². The summed E-state index contributed by atoms with van der Waals surface area (Å²) in [4.78, 5) is 26.8. The smallest absolute Gasteiger partial charge is 0.163 e. The molecule has 2 heterocycles. The molecule has 0 aliphatic heterocycles. The molecule has 2 aromatic heterocycles. The molecule has 0 fully saturated rings. The summed E-state index contributed by atoms with van der Waals surface area (Å²) < 4.78 is 11.2. The number of hydrogen-bond acceptors (Lipinski definition) is 8. The van der Waals surface area contributed by atoms with E-state index < -0.39 is 0 Å². The van der Waals surface area contributed by atoms with E-state index >= 15 is 0 Å². The predicted molar refractivity (Wildman–Crippen MR) is 141 cm³/mol. The van der Waals surface area contributed by atoms with Crippen LogP contribution >= 0.6 is 0 Å². The molecule has 0 bridgehead atoms. The van der Waals surface area contributed by atoms with Crippen LogP contribution in [0.1, 0.15) is 25.7 Å². The summed E-state index contributed by atoms with van der Waals surface area (Å²) in [5, 5.41) is 4.36. The summed E-state index contributed by atoms with van der Waals surface area (Å²) in [7, 11) is 7.36. The van der Waals surface area contributed by atoms with E-state index in [1.165, 1.54) is 5.57 Å². The van der Waals surface area contributed by atoms with Crippen LogP contribution in [0.3, 0.4) is 0 Å². The van der Waals surface area contributed by atoms with Crippen molar-refractivity contribution in [1.82, 2.24) is 19.9 Å². The summed E-state index contributed by atoms with van der Waals surface area (Å²) in [5.41, 5.74) is 4.75. The molecule has 8 heteroatoms. The molecule has 186 valence electrons. The van der Waals surface area contributed by atoms with E-state index in [0.29, 0.717) is 24.5 Å². The molecule has 1 aromatic carbocycles. The Hall–Kier alpha value is -4.20. The molecule has 8 nitrogen and oxygen atoms in total. The Kier molecular flexibility index (Phi) is 7.95. The fraction of sp³-hybridized carbons (Fsp3) is 0.286. The number of pyridine rings is 1. The molecule has 36 heavy (non-hydrogen) atoms. The lowest BCUT2D eigenvalue weighted by atomic mass is 10.0. The third-order valence-corrected chi connectivity index (χ3v) is 5.99. The molecule has 1 aliphatic rings. The van der Waals surface area contributed by atoms with Gasteiger partial charge in [0, 0.05) is 61.7 Å². The van der Waals surface area contributed by atoms with Crippen LogP contribution in [0, 0.1) is 0 Å². The number of hydrogen-bond donors (Lipinski definition) is 1. The summed E-state index contributed by atoms with van der Waals surface area (Å²) in [6, 6.07) is 9.55. The van der Waals surface area contributed by atoms with Gasteiger partial charge in [0.15, 0.2) is 5.82 Å². The SMILES string of the molecule is COC1=CC(Nc2nc(-c3cccnc3)nc3ccc(OC)cc23)=CC(N(C)C)=C(CCCC=O)C1. The van der Waals surface area contributed by atoms with Crippen LogP contribution < -0.4 is 10.1 Å². The zero-order chi connectivity index (χ0) is 25.5. The zero-order valence-electron chi connectivity index (χ0n) is 21.1. The van der Waals surface area contributed by atoms with Crippen molar-refractivity contribution >= 4 is 23.0 Å². The number of ether oxygens (including phenoxy) is 2. The number of carbonyl (C=O) groups is 1. The van der Waals surface area contributed by atoms with Gasteiger partial charge in [0.2, 0.25) is 0 Å².